The van der Waals surface area contributed by atoms with E-state index in [4.69, 9.17) is 14.2 Å². The van der Waals surface area contributed by atoms with Crippen molar-refractivity contribution in [1.82, 2.24) is 4.90 Å². The van der Waals surface area contributed by atoms with E-state index in [1.165, 1.54) is 57.4 Å². The van der Waals surface area contributed by atoms with Gasteiger partial charge in [0.15, 0.2) is 11.5 Å². The van der Waals surface area contributed by atoms with Gasteiger partial charge in [0.25, 0.3) is 15.9 Å². The molecule has 1 amide bonds. The Morgan fingerprint density at radius 2 is 1.54 bits per heavy atom. The van der Waals surface area contributed by atoms with E-state index in [9.17, 15) is 18.0 Å². The van der Waals surface area contributed by atoms with Gasteiger partial charge >= 0.3 is 5.97 Å². The quantitative estimate of drug-likeness (QED) is 0.409. The molecule has 11 heteroatoms. The Morgan fingerprint density at radius 1 is 0.914 bits per heavy atom. The van der Waals surface area contributed by atoms with E-state index in [1.54, 1.807) is 11.0 Å². The van der Waals surface area contributed by atoms with Crippen LogP contribution in [0.25, 0.3) is 0 Å². The number of methoxy groups -OCH3 is 3. The number of hydrogen-bond donors (Lipinski definition) is 1. The van der Waals surface area contributed by atoms with E-state index < -0.39 is 16.0 Å². The lowest BCUT2D eigenvalue weighted by molar-refractivity contribution is 0.0601. The lowest BCUT2D eigenvalue weighted by Gasteiger charge is -2.22. The lowest BCUT2D eigenvalue weighted by atomic mass is 10.1. The molecule has 1 aliphatic heterocycles. The zero-order valence-corrected chi connectivity index (χ0v) is 21.9. The third-order valence-electron chi connectivity index (χ3n) is 5.78. The molecule has 0 spiro atoms. The second-order valence-corrected chi connectivity index (χ2v) is 10.4. The summed E-state index contributed by atoms with van der Waals surface area (Å²) in [6.07, 6.45) is 5.84. The van der Waals surface area contributed by atoms with Crippen LogP contribution in [0.2, 0.25) is 0 Å². The van der Waals surface area contributed by atoms with Crippen LogP contribution >= 0.6 is 11.8 Å². The number of carbonyl (C=O) groups excluding carboxylic acids is 2. The second kappa shape index (κ2) is 11.7. The Balaban J connectivity index is 2.02. The Kier molecular flexibility index (Phi) is 8.90. The van der Waals surface area contributed by atoms with Gasteiger partial charge in [0, 0.05) is 30.1 Å². The minimum Gasteiger partial charge on any atom is -0.493 e. The van der Waals surface area contributed by atoms with Crippen molar-refractivity contribution in [2.24, 2.45) is 0 Å². The normalized spacial score (nSPS) is 14.1. The van der Waals surface area contributed by atoms with E-state index in [2.05, 4.69) is 4.72 Å². The van der Waals surface area contributed by atoms with Crippen LogP contribution in [0.4, 0.5) is 5.69 Å². The third kappa shape index (κ3) is 6.02. The van der Waals surface area contributed by atoms with Gasteiger partial charge in [-0.1, -0.05) is 12.8 Å². The molecule has 0 radical (unpaired) electrons. The average Bonchev–Trinajstić information content (AvgIpc) is 3.16. The minimum atomic E-state index is -4.18. The number of sulfonamides is 1. The number of nitrogens with one attached hydrogen (secondary N) is 1. The lowest BCUT2D eigenvalue weighted by Crippen LogP contribution is -2.32. The molecule has 1 N–H and O–H groups in total. The van der Waals surface area contributed by atoms with Gasteiger partial charge < -0.3 is 19.1 Å². The summed E-state index contributed by atoms with van der Waals surface area (Å²) < 4.78 is 44.4. The van der Waals surface area contributed by atoms with Gasteiger partial charge in [-0.05, 0) is 37.3 Å². The molecule has 0 atom stereocenters. The number of likely N-dealkylation sites (tertiary alicyclic amines) is 1. The summed E-state index contributed by atoms with van der Waals surface area (Å²) in [5.74, 6) is -0.466. The number of thioether (sulfide) groups is 1. The molecule has 3 rings (SSSR count). The molecule has 1 fully saturated rings. The molecule has 1 heterocycles. The number of nitrogens with zero attached hydrogens (tertiary/aromatic N) is 1. The van der Waals surface area contributed by atoms with Crippen molar-refractivity contribution in [3.63, 3.8) is 0 Å². The molecule has 0 saturated carbocycles. The Bertz CT molecular complexity index is 1190. The first-order valence-electron chi connectivity index (χ1n) is 11.1. The van der Waals surface area contributed by atoms with Crippen LogP contribution in [-0.2, 0) is 14.8 Å². The van der Waals surface area contributed by atoms with E-state index >= 15 is 0 Å². The number of esters is 1. The summed E-state index contributed by atoms with van der Waals surface area (Å²) in [7, 11) is -0.181. The molecule has 1 saturated heterocycles. The van der Waals surface area contributed by atoms with Gasteiger partial charge in [-0.3, -0.25) is 9.52 Å². The first-order chi connectivity index (χ1) is 16.7. The number of anilines is 1. The van der Waals surface area contributed by atoms with E-state index in [0.29, 0.717) is 23.5 Å². The fourth-order valence-electron chi connectivity index (χ4n) is 3.91. The molecule has 190 valence electrons. The summed E-state index contributed by atoms with van der Waals surface area (Å²) >= 11 is 1.38. The molecule has 0 aromatic heterocycles. The van der Waals surface area contributed by atoms with Crippen molar-refractivity contribution in [2.75, 3.05) is 45.4 Å². The molecule has 9 nitrogen and oxygen atoms in total. The first-order valence-corrected chi connectivity index (χ1v) is 13.8. The van der Waals surface area contributed by atoms with Crippen LogP contribution in [0.1, 0.15) is 46.4 Å². The van der Waals surface area contributed by atoms with Gasteiger partial charge in [0.2, 0.25) is 0 Å². The summed E-state index contributed by atoms with van der Waals surface area (Å²) in [5.41, 5.74) is 0.252. The molecule has 0 aliphatic carbocycles. The Labute approximate surface area is 210 Å². The highest BCUT2D eigenvalue weighted by Gasteiger charge is 2.26. The van der Waals surface area contributed by atoms with Crippen molar-refractivity contribution in [3.05, 3.63) is 41.5 Å². The summed E-state index contributed by atoms with van der Waals surface area (Å²) in [6.45, 7) is 1.30. The van der Waals surface area contributed by atoms with Crippen LogP contribution in [0, 0.1) is 0 Å². The summed E-state index contributed by atoms with van der Waals surface area (Å²) in [6, 6.07) is 7.14. The maximum atomic E-state index is 13.4. The van der Waals surface area contributed by atoms with Crippen LogP contribution < -0.4 is 14.2 Å². The van der Waals surface area contributed by atoms with Crippen LogP contribution in [0.3, 0.4) is 0 Å². The summed E-state index contributed by atoms with van der Waals surface area (Å²) in [4.78, 5) is 28.0. The fourth-order valence-corrected chi connectivity index (χ4v) is 5.58. The Morgan fingerprint density at radius 3 is 2.11 bits per heavy atom. The molecule has 2 aromatic rings. The van der Waals surface area contributed by atoms with Crippen LogP contribution in [0.5, 0.6) is 11.5 Å². The number of hydrogen-bond acceptors (Lipinski definition) is 8. The Hall–Kier alpha value is -2.92. The second-order valence-electron chi connectivity index (χ2n) is 7.92. The number of carbonyl (C=O) groups is 2. The number of benzene rings is 2. The smallest absolute Gasteiger partial charge is 0.340 e. The predicted octanol–water partition coefficient (Wildman–Crippen LogP) is 4.03. The van der Waals surface area contributed by atoms with Crippen LogP contribution in [0.15, 0.2) is 40.1 Å². The molecular formula is C24H30N2O7S2. The zero-order chi connectivity index (χ0) is 25.6. The molecule has 2 aromatic carbocycles. The highest BCUT2D eigenvalue weighted by molar-refractivity contribution is 7.98. The van der Waals surface area contributed by atoms with Crippen molar-refractivity contribution in [3.8, 4) is 11.5 Å². The first kappa shape index (κ1) is 26.7. The molecule has 0 bridgehead atoms. The van der Waals surface area contributed by atoms with Gasteiger partial charge in [0.1, 0.15) is 0 Å². The van der Waals surface area contributed by atoms with E-state index in [1.807, 2.05) is 6.26 Å². The zero-order valence-electron chi connectivity index (χ0n) is 20.3. The molecular weight excluding hydrogens is 492 g/mol. The highest BCUT2D eigenvalue weighted by Crippen LogP contribution is 2.35. The molecule has 35 heavy (non-hydrogen) atoms. The number of rotatable bonds is 8. The maximum absolute atomic E-state index is 13.4. The minimum absolute atomic E-state index is 0.0381. The van der Waals surface area contributed by atoms with Crippen molar-refractivity contribution in [2.45, 2.75) is 35.5 Å². The van der Waals surface area contributed by atoms with Gasteiger partial charge in [0.05, 0.1) is 43.0 Å². The third-order valence-corrected chi connectivity index (χ3v) is 7.94. The maximum Gasteiger partial charge on any atom is 0.340 e. The van der Waals surface area contributed by atoms with Gasteiger partial charge in [-0.15, -0.1) is 11.8 Å². The monoisotopic (exact) mass is 522 g/mol. The SMILES string of the molecule is COC(=O)c1cc(OC)c(OC)cc1NS(=O)(=O)c1ccc(SC)c(C(=O)N2CCCCCC2)c1. The van der Waals surface area contributed by atoms with Crippen molar-refractivity contribution >= 4 is 39.3 Å². The summed E-state index contributed by atoms with van der Waals surface area (Å²) in [5, 5.41) is 0. The standard InChI is InChI=1S/C24H30N2O7S2/c1-31-20-14-17(24(28)33-3)19(15-21(20)32-2)25-35(29,30)16-9-10-22(34-4)18(13-16)23(27)26-11-7-5-6-8-12-26/h9-10,13-15,25H,5-8,11-12H2,1-4H3. The fraction of sp³-hybridized carbons (Fsp3) is 0.417. The number of amides is 1. The average molecular weight is 523 g/mol. The van der Waals surface area contributed by atoms with Crippen molar-refractivity contribution in [1.29, 1.82) is 0 Å². The highest BCUT2D eigenvalue weighted by atomic mass is 32.2. The van der Waals surface area contributed by atoms with E-state index in [0.717, 1.165) is 25.7 Å². The van der Waals surface area contributed by atoms with Gasteiger partial charge in [-0.2, -0.15) is 0 Å². The largest absolute Gasteiger partial charge is 0.493 e. The number of ether oxygens (including phenoxy) is 3. The topological polar surface area (TPSA) is 111 Å². The molecule has 0 unspecified atom stereocenters. The van der Waals surface area contributed by atoms with E-state index in [-0.39, 0.29) is 33.6 Å². The predicted molar refractivity (Wildman–Crippen MR) is 134 cm³/mol. The van der Waals surface area contributed by atoms with Gasteiger partial charge in [-0.25, -0.2) is 13.2 Å². The van der Waals surface area contributed by atoms with Crippen molar-refractivity contribution < 1.29 is 32.2 Å². The molecule has 1 aliphatic rings. The van der Waals surface area contributed by atoms with Crippen LogP contribution in [-0.4, -0.2) is 65.9 Å².